The van der Waals surface area contributed by atoms with Gasteiger partial charge < -0.3 is 5.73 Å². The quantitative estimate of drug-likeness (QED) is 0.854. The second-order valence-corrected chi connectivity index (χ2v) is 6.36. The molecule has 15 heavy (non-hydrogen) atoms. The van der Waals surface area contributed by atoms with E-state index in [-0.39, 0.29) is 16.5 Å². The monoisotopic (exact) mass is 225 g/mol. The molecular formula is C12H19NOS. The molecule has 0 spiro atoms. The fourth-order valence-corrected chi connectivity index (χ4v) is 2.82. The van der Waals surface area contributed by atoms with Gasteiger partial charge in [-0.05, 0) is 12.5 Å². The van der Waals surface area contributed by atoms with E-state index in [1.54, 1.807) is 0 Å². The van der Waals surface area contributed by atoms with Crippen LogP contribution in [0.4, 0.5) is 0 Å². The van der Waals surface area contributed by atoms with Crippen molar-refractivity contribution >= 4 is 10.8 Å². The zero-order valence-electron chi connectivity index (χ0n) is 9.51. The maximum Gasteiger partial charge on any atom is 0.0515 e. The summed E-state index contributed by atoms with van der Waals surface area (Å²) in [6.07, 6.45) is 0. The van der Waals surface area contributed by atoms with Crippen LogP contribution in [0.1, 0.15) is 32.4 Å². The Balaban J connectivity index is 2.77. The van der Waals surface area contributed by atoms with Crippen molar-refractivity contribution in [1.82, 2.24) is 0 Å². The second kappa shape index (κ2) is 5.42. The first-order chi connectivity index (χ1) is 7.04. The van der Waals surface area contributed by atoms with Gasteiger partial charge in [-0.1, -0.05) is 44.2 Å². The molecule has 0 saturated carbocycles. The minimum Gasteiger partial charge on any atom is -0.323 e. The molecule has 0 saturated heterocycles. The lowest BCUT2D eigenvalue weighted by atomic mass is 10.1. The van der Waals surface area contributed by atoms with E-state index < -0.39 is 10.8 Å². The van der Waals surface area contributed by atoms with Gasteiger partial charge in [-0.3, -0.25) is 4.21 Å². The van der Waals surface area contributed by atoms with Gasteiger partial charge in [0.25, 0.3) is 0 Å². The topological polar surface area (TPSA) is 43.1 Å². The fourth-order valence-electron chi connectivity index (χ4n) is 1.52. The van der Waals surface area contributed by atoms with Gasteiger partial charge in [0.1, 0.15) is 0 Å². The first-order valence-electron chi connectivity index (χ1n) is 5.24. The summed E-state index contributed by atoms with van der Waals surface area (Å²) < 4.78 is 11.9. The van der Waals surface area contributed by atoms with Gasteiger partial charge >= 0.3 is 0 Å². The molecule has 0 aliphatic heterocycles. The average Bonchev–Trinajstić information content (AvgIpc) is 2.27. The Labute approximate surface area is 94.3 Å². The van der Waals surface area contributed by atoms with E-state index in [4.69, 9.17) is 5.73 Å². The molecule has 0 aliphatic rings. The van der Waals surface area contributed by atoms with Gasteiger partial charge in [0, 0.05) is 22.1 Å². The van der Waals surface area contributed by atoms with Crippen LogP contribution in [0.2, 0.25) is 0 Å². The molecule has 3 heteroatoms. The van der Waals surface area contributed by atoms with Crippen LogP contribution in [0, 0.1) is 0 Å². The predicted octanol–water partition coefficient (Wildman–Crippen LogP) is 2.23. The van der Waals surface area contributed by atoms with Gasteiger partial charge in [0.05, 0.1) is 5.25 Å². The Morgan fingerprint density at radius 2 is 1.67 bits per heavy atom. The molecule has 1 rings (SSSR count). The highest BCUT2D eigenvalue weighted by Crippen LogP contribution is 2.19. The number of benzene rings is 1. The van der Waals surface area contributed by atoms with Crippen molar-refractivity contribution in [3.63, 3.8) is 0 Å². The zero-order chi connectivity index (χ0) is 11.4. The Bertz CT molecular complexity index is 324. The molecule has 1 aromatic rings. The van der Waals surface area contributed by atoms with Crippen molar-refractivity contribution in [3.8, 4) is 0 Å². The number of nitrogens with two attached hydrogens (primary N) is 1. The third kappa shape index (κ3) is 3.14. The van der Waals surface area contributed by atoms with Crippen LogP contribution in [-0.4, -0.2) is 14.7 Å². The standard InChI is InChI=1S/C12H19NOS/c1-9(2)15(14)10(3)12(13)11-7-5-4-6-8-11/h4-10,12H,13H2,1-3H3. The minimum absolute atomic E-state index is 0.00704. The molecule has 0 fully saturated rings. The summed E-state index contributed by atoms with van der Waals surface area (Å²) in [6, 6.07) is 9.70. The highest BCUT2D eigenvalue weighted by Gasteiger charge is 2.22. The van der Waals surface area contributed by atoms with Crippen LogP contribution in [0.3, 0.4) is 0 Å². The summed E-state index contributed by atoms with van der Waals surface area (Å²) in [5.74, 6) is 0. The summed E-state index contributed by atoms with van der Waals surface area (Å²) >= 11 is 0. The van der Waals surface area contributed by atoms with Crippen LogP contribution in [0.25, 0.3) is 0 Å². The second-order valence-electron chi connectivity index (χ2n) is 4.02. The summed E-state index contributed by atoms with van der Waals surface area (Å²) in [4.78, 5) is 0. The van der Waals surface area contributed by atoms with Crippen molar-refractivity contribution < 1.29 is 4.21 Å². The van der Waals surface area contributed by atoms with Crippen molar-refractivity contribution in [2.75, 3.05) is 0 Å². The molecule has 3 atom stereocenters. The molecule has 0 bridgehead atoms. The van der Waals surface area contributed by atoms with Gasteiger partial charge in [-0.15, -0.1) is 0 Å². The third-order valence-electron chi connectivity index (χ3n) is 2.52. The zero-order valence-corrected chi connectivity index (χ0v) is 10.3. The Hall–Kier alpha value is -0.670. The molecule has 2 nitrogen and oxygen atoms in total. The van der Waals surface area contributed by atoms with Crippen molar-refractivity contribution in [2.24, 2.45) is 5.73 Å². The lowest BCUT2D eigenvalue weighted by Crippen LogP contribution is -2.31. The molecule has 0 heterocycles. The van der Waals surface area contributed by atoms with E-state index >= 15 is 0 Å². The van der Waals surface area contributed by atoms with E-state index in [9.17, 15) is 4.21 Å². The molecular weight excluding hydrogens is 206 g/mol. The van der Waals surface area contributed by atoms with Gasteiger partial charge in [-0.25, -0.2) is 0 Å². The summed E-state index contributed by atoms with van der Waals surface area (Å²) in [5.41, 5.74) is 7.14. The molecule has 84 valence electrons. The SMILES string of the molecule is CC(C)S(=O)C(C)C(N)c1ccccc1. The van der Waals surface area contributed by atoms with E-state index in [1.807, 2.05) is 51.1 Å². The maximum absolute atomic E-state index is 11.9. The molecule has 0 aromatic heterocycles. The minimum atomic E-state index is -0.872. The molecule has 0 radical (unpaired) electrons. The third-order valence-corrected chi connectivity index (χ3v) is 4.48. The largest absolute Gasteiger partial charge is 0.323 e. The fraction of sp³-hybridized carbons (Fsp3) is 0.500. The number of hydrogen-bond donors (Lipinski definition) is 1. The average molecular weight is 225 g/mol. The molecule has 0 aliphatic carbocycles. The maximum atomic E-state index is 11.9. The van der Waals surface area contributed by atoms with Gasteiger partial charge in [-0.2, -0.15) is 0 Å². The van der Waals surface area contributed by atoms with Crippen molar-refractivity contribution in [3.05, 3.63) is 35.9 Å². The summed E-state index contributed by atoms with van der Waals surface area (Å²) in [5, 5.41) is 0.155. The highest BCUT2D eigenvalue weighted by atomic mass is 32.2. The first kappa shape index (κ1) is 12.4. The van der Waals surface area contributed by atoms with Crippen LogP contribution in [-0.2, 0) is 10.8 Å². The Morgan fingerprint density at radius 3 is 2.13 bits per heavy atom. The molecule has 3 unspecified atom stereocenters. The van der Waals surface area contributed by atoms with E-state index in [2.05, 4.69) is 0 Å². The number of rotatable bonds is 4. The van der Waals surface area contributed by atoms with E-state index in [1.165, 1.54) is 0 Å². The normalized spacial score (nSPS) is 17.4. The van der Waals surface area contributed by atoms with E-state index in [0.29, 0.717) is 0 Å². The van der Waals surface area contributed by atoms with Crippen LogP contribution >= 0.6 is 0 Å². The van der Waals surface area contributed by atoms with Crippen LogP contribution in [0.15, 0.2) is 30.3 Å². The smallest absolute Gasteiger partial charge is 0.0515 e. The lowest BCUT2D eigenvalue weighted by Gasteiger charge is -2.21. The van der Waals surface area contributed by atoms with Crippen LogP contribution < -0.4 is 5.73 Å². The molecule has 0 amide bonds. The highest BCUT2D eigenvalue weighted by molar-refractivity contribution is 7.86. The van der Waals surface area contributed by atoms with Crippen LogP contribution in [0.5, 0.6) is 0 Å². The number of hydrogen-bond acceptors (Lipinski definition) is 2. The lowest BCUT2D eigenvalue weighted by molar-refractivity contribution is 0.636. The molecule has 2 N–H and O–H groups in total. The summed E-state index contributed by atoms with van der Waals surface area (Å²) in [7, 11) is -0.872. The Morgan fingerprint density at radius 1 is 1.13 bits per heavy atom. The van der Waals surface area contributed by atoms with Gasteiger partial charge in [0.2, 0.25) is 0 Å². The first-order valence-corrected chi connectivity index (χ1v) is 6.51. The predicted molar refractivity (Wildman–Crippen MR) is 66.1 cm³/mol. The Kier molecular flexibility index (Phi) is 4.48. The summed E-state index contributed by atoms with van der Waals surface area (Å²) in [6.45, 7) is 5.88. The molecule has 1 aromatic carbocycles. The van der Waals surface area contributed by atoms with Crippen molar-refractivity contribution in [1.29, 1.82) is 0 Å². The van der Waals surface area contributed by atoms with E-state index in [0.717, 1.165) is 5.56 Å². The van der Waals surface area contributed by atoms with Gasteiger partial charge in [0.15, 0.2) is 0 Å². The van der Waals surface area contributed by atoms with Crippen molar-refractivity contribution in [2.45, 2.75) is 37.3 Å².